The van der Waals surface area contributed by atoms with Gasteiger partial charge in [0.05, 0.1) is 25.6 Å². The Morgan fingerprint density at radius 3 is 2.27 bits per heavy atom. The van der Waals surface area contributed by atoms with E-state index in [1.807, 2.05) is 6.07 Å². The third-order valence-electron chi connectivity index (χ3n) is 8.01. The minimum Gasteiger partial charge on any atom is -0.790 e. The fourth-order valence-electron chi connectivity index (χ4n) is 5.90. The Labute approximate surface area is 260 Å². The number of phosphoric ester groups is 1. The monoisotopic (exact) mass is 647 g/mol. The summed E-state index contributed by atoms with van der Waals surface area (Å²) in [6, 6.07) is 7.80. The second-order valence-electron chi connectivity index (χ2n) is 13.5. The van der Waals surface area contributed by atoms with Crippen LogP contribution in [0, 0.1) is 28.1 Å². The van der Waals surface area contributed by atoms with E-state index in [9.17, 15) is 29.2 Å². The lowest BCUT2D eigenvalue weighted by Gasteiger charge is -2.56. The number of rotatable bonds is 8. The van der Waals surface area contributed by atoms with Crippen LogP contribution in [0.5, 0.6) is 5.75 Å². The van der Waals surface area contributed by atoms with Crippen LogP contribution in [-0.2, 0) is 18.7 Å². The predicted octanol–water partition coefficient (Wildman–Crippen LogP) is 3.66. The molecule has 2 amide bonds. The second kappa shape index (κ2) is 12.0. The first-order chi connectivity index (χ1) is 20.7. The van der Waals surface area contributed by atoms with Gasteiger partial charge in [0.1, 0.15) is 24.0 Å². The molecule has 1 aromatic heterocycles. The van der Waals surface area contributed by atoms with E-state index in [0.717, 1.165) is 17.7 Å². The average Bonchev–Trinajstić information content (AvgIpc) is 3.76. The molecule has 244 valence electrons. The second-order valence-corrected chi connectivity index (χ2v) is 14.6. The van der Waals surface area contributed by atoms with E-state index in [2.05, 4.69) is 15.3 Å². The van der Waals surface area contributed by atoms with Gasteiger partial charge in [-0.15, -0.1) is 0 Å². The molecule has 45 heavy (non-hydrogen) atoms. The highest BCUT2D eigenvalue weighted by atomic mass is 31.2. The van der Waals surface area contributed by atoms with Crippen LogP contribution in [0.25, 0.3) is 11.3 Å². The van der Waals surface area contributed by atoms with Crippen LogP contribution in [0.15, 0.2) is 30.6 Å². The number of nitrogens with zero attached hydrogens (tertiary/aromatic N) is 4. The van der Waals surface area contributed by atoms with E-state index < -0.39 is 48.7 Å². The van der Waals surface area contributed by atoms with Gasteiger partial charge in [0.25, 0.3) is 5.91 Å². The summed E-state index contributed by atoms with van der Waals surface area (Å²) in [5.41, 5.74) is -4.05. The first-order valence-electron chi connectivity index (χ1n) is 14.4. The molecule has 1 aromatic carbocycles. The Morgan fingerprint density at radius 2 is 1.73 bits per heavy atom. The van der Waals surface area contributed by atoms with Crippen LogP contribution < -0.4 is 19.8 Å². The molecule has 15 heteroatoms. The number of carbonyl (C=O) groups is 2. The molecule has 0 bridgehead atoms. The van der Waals surface area contributed by atoms with E-state index in [4.69, 9.17) is 9.26 Å². The number of nitriles is 1. The van der Waals surface area contributed by atoms with Gasteiger partial charge >= 0.3 is 5.92 Å². The number of hydrogen-bond donors (Lipinski definition) is 1. The first kappa shape index (κ1) is 34.4. The zero-order chi connectivity index (χ0) is 33.6. The Morgan fingerprint density at radius 1 is 1.09 bits per heavy atom. The van der Waals surface area contributed by atoms with Gasteiger partial charge in [-0.05, 0) is 31.0 Å². The molecule has 1 atom stereocenters. The highest BCUT2D eigenvalue weighted by molar-refractivity contribution is 7.43. The fraction of sp³-hybridized carbons (Fsp3) is 0.567. The van der Waals surface area contributed by atoms with Crippen molar-refractivity contribution >= 4 is 25.5 Å². The SMILES string of the molecule is CC(C)(C)C(OP(=O)([O-])[O-])(C(=O)N1CC[C@H](Oc2ccc(-c3cc(NC(=O)C4CC4)ncn3)cc2C#N)C(F)(F)C1)C(C)(C)C. The van der Waals surface area contributed by atoms with E-state index in [1.165, 1.54) is 72.1 Å². The minimum absolute atomic E-state index is 0.0321. The van der Waals surface area contributed by atoms with Gasteiger partial charge in [0.15, 0.2) is 11.7 Å². The number of likely N-dealkylation sites (tertiary alicyclic amines) is 1. The maximum absolute atomic E-state index is 15.6. The average molecular weight is 648 g/mol. The van der Waals surface area contributed by atoms with Crippen molar-refractivity contribution in [2.24, 2.45) is 16.7 Å². The molecule has 0 unspecified atom stereocenters. The van der Waals surface area contributed by atoms with Gasteiger partial charge in [0, 0.05) is 41.3 Å². The van der Waals surface area contributed by atoms with Gasteiger partial charge in [-0.25, -0.2) is 18.7 Å². The molecule has 2 aromatic rings. The largest absolute Gasteiger partial charge is 0.790 e. The number of ether oxygens (including phenoxy) is 1. The zero-order valence-corrected chi connectivity index (χ0v) is 26.8. The molecule has 1 saturated carbocycles. The van der Waals surface area contributed by atoms with Crippen molar-refractivity contribution in [3.05, 3.63) is 36.2 Å². The third kappa shape index (κ3) is 7.33. The number of alkyl halides is 2. The Balaban J connectivity index is 1.54. The fourth-order valence-corrected chi connectivity index (χ4v) is 6.86. The van der Waals surface area contributed by atoms with Gasteiger partial charge < -0.3 is 33.8 Å². The standard InChI is InChI=1S/C30H38F2N5O7P/c1-27(2,3)30(28(4,5)6,44-45(40,41)42)26(39)37-12-11-23(29(31,32)16-37)43-22-10-9-19(13-20(22)15-33)21-14-24(35-17-34-21)36-25(38)18-7-8-18/h9-10,13-14,17-18,23H,7-8,11-12,16H2,1-6H3,(H2,40,41,42)(H,34,35,36,38)/p-2/t23-/m0/s1. The van der Waals surface area contributed by atoms with Gasteiger partial charge in [-0.1, -0.05) is 41.5 Å². The van der Waals surface area contributed by atoms with Crippen molar-refractivity contribution in [2.45, 2.75) is 78.4 Å². The summed E-state index contributed by atoms with van der Waals surface area (Å²) < 4.78 is 53.7. The summed E-state index contributed by atoms with van der Waals surface area (Å²) in [5, 5.41) is 12.5. The van der Waals surface area contributed by atoms with Crippen LogP contribution in [0.2, 0.25) is 0 Å². The lowest BCUT2D eigenvalue weighted by Crippen LogP contribution is -2.68. The number of benzene rings is 1. The molecule has 12 nitrogen and oxygen atoms in total. The lowest BCUT2D eigenvalue weighted by molar-refractivity contribution is -0.356. The van der Waals surface area contributed by atoms with Gasteiger partial charge in [0.2, 0.25) is 5.91 Å². The molecule has 1 aliphatic heterocycles. The lowest BCUT2D eigenvalue weighted by atomic mass is 9.61. The molecule has 2 heterocycles. The molecule has 2 aliphatic rings. The van der Waals surface area contributed by atoms with E-state index in [-0.39, 0.29) is 41.9 Å². The van der Waals surface area contributed by atoms with Crippen LogP contribution in [0.4, 0.5) is 14.6 Å². The Hall–Kier alpha value is -3.50. The molecule has 4 rings (SSSR count). The normalized spacial score (nSPS) is 19.0. The van der Waals surface area contributed by atoms with Crippen molar-refractivity contribution in [1.29, 1.82) is 5.26 Å². The number of amides is 2. The highest BCUT2D eigenvalue weighted by Crippen LogP contribution is 2.54. The van der Waals surface area contributed by atoms with E-state index in [1.54, 1.807) is 0 Å². The van der Waals surface area contributed by atoms with Crippen LogP contribution >= 0.6 is 7.82 Å². The molecule has 2 fully saturated rings. The quantitative estimate of drug-likeness (QED) is 0.416. The summed E-state index contributed by atoms with van der Waals surface area (Å²) in [4.78, 5) is 58.7. The number of aromatic nitrogens is 2. The molecular weight excluding hydrogens is 611 g/mol. The summed E-state index contributed by atoms with van der Waals surface area (Å²) in [5.74, 6) is -4.66. The van der Waals surface area contributed by atoms with Crippen LogP contribution in [0.1, 0.15) is 66.4 Å². The first-order valence-corrected chi connectivity index (χ1v) is 15.9. The van der Waals surface area contributed by atoms with Gasteiger partial charge in [-0.2, -0.15) is 5.26 Å². The van der Waals surface area contributed by atoms with Crippen molar-refractivity contribution in [3.8, 4) is 23.1 Å². The third-order valence-corrected chi connectivity index (χ3v) is 8.51. The summed E-state index contributed by atoms with van der Waals surface area (Å²) in [6.07, 6.45) is 0.807. The predicted molar refractivity (Wildman–Crippen MR) is 154 cm³/mol. The summed E-state index contributed by atoms with van der Waals surface area (Å²) >= 11 is 0. The van der Waals surface area contributed by atoms with Gasteiger partial charge in [-0.3, -0.25) is 9.59 Å². The zero-order valence-electron chi connectivity index (χ0n) is 25.9. The number of halogens is 2. The molecular formula is C30H36F2N5O7P-2. The number of nitrogens with one attached hydrogen (secondary N) is 1. The topological polar surface area (TPSA) is 181 Å². The molecule has 1 N–H and O–H groups in total. The van der Waals surface area contributed by atoms with E-state index in [0.29, 0.717) is 11.3 Å². The van der Waals surface area contributed by atoms with Crippen molar-refractivity contribution in [2.75, 3.05) is 18.4 Å². The number of hydrogen-bond acceptors (Lipinski definition) is 10. The van der Waals surface area contributed by atoms with Crippen molar-refractivity contribution in [1.82, 2.24) is 14.9 Å². The molecule has 1 saturated heterocycles. The van der Waals surface area contributed by atoms with Crippen molar-refractivity contribution in [3.63, 3.8) is 0 Å². The smallest absolute Gasteiger partial charge is 0.301 e. The maximum Gasteiger partial charge on any atom is 0.301 e. The summed E-state index contributed by atoms with van der Waals surface area (Å²) in [6.45, 7) is 7.61. The Bertz CT molecular complexity index is 1540. The molecule has 0 radical (unpaired) electrons. The van der Waals surface area contributed by atoms with E-state index >= 15 is 8.78 Å². The summed E-state index contributed by atoms with van der Waals surface area (Å²) in [7, 11) is -5.74. The van der Waals surface area contributed by atoms with Crippen molar-refractivity contribution < 1.29 is 42.0 Å². The maximum atomic E-state index is 15.6. The number of anilines is 1. The number of phosphoric acid groups is 1. The molecule has 0 spiro atoms. The highest BCUT2D eigenvalue weighted by Gasteiger charge is 2.61. The van der Waals surface area contributed by atoms with Crippen LogP contribution in [-0.4, -0.2) is 57.4 Å². The van der Waals surface area contributed by atoms with Crippen LogP contribution in [0.3, 0.4) is 0 Å². The molecule has 1 aliphatic carbocycles. The number of carbonyl (C=O) groups excluding carboxylic acids is 2. The number of piperidine rings is 1. The Kier molecular flexibility index (Phi) is 9.18. The minimum atomic E-state index is -5.74.